The number of hydrogen-bond donors (Lipinski definition) is 2. The Balaban J connectivity index is 2.88. The molecule has 0 aromatic heterocycles. The molecule has 0 saturated heterocycles. The highest BCUT2D eigenvalue weighted by molar-refractivity contribution is 7.99. The largest absolute Gasteiger partial charge is 0.467 e. The number of rotatable bonds is 15. The maximum absolute atomic E-state index is 13.4. The highest BCUT2D eigenvalue weighted by Gasteiger charge is 2.29. The molecule has 1 aromatic carbocycles. The Morgan fingerprint density at radius 1 is 0.900 bits per heavy atom. The molecule has 0 aliphatic carbocycles. The van der Waals surface area contributed by atoms with Gasteiger partial charge in [-0.25, -0.2) is 9.59 Å². The van der Waals surface area contributed by atoms with E-state index in [9.17, 15) is 24.0 Å². The summed E-state index contributed by atoms with van der Waals surface area (Å²) in [4.78, 5) is 61.6. The van der Waals surface area contributed by atoms with Crippen LogP contribution in [0.5, 0.6) is 5.75 Å². The van der Waals surface area contributed by atoms with Crippen molar-refractivity contribution in [3.63, 3.8) is 0 Å². The zero-order valence-corrected chi connectivity index (χ0v) is 25.6. The number of amides is 2. The molecule has 0 fully saturated rings. The molecule has 0 bridgehead atoms. The van der Waals surface area contributed by atoms with Crippen LogP contribution in [0.4, 0.5) is 0 Å². The second-order valence-electron chi connectivity index (χ2n) is 11.2. The highest BCUT2D eigenvalue weighted by Crippen LogP contribution is 2.27. The third-order valence-electron chi connectivity index (χ3n) is 5.72. The van der Waals surface area contributed by atoms with Crippen LogP contribution >= 0.6 is 11.8 Å². The highest BCUT2D eigenvalue weighted by atomic mass is 32.2. The summed E-state index contributed by atoms with van der Waals surface area (Å²) in [5, 5.41) is 5.55. The zero-order valence-electron chi connectivity index (χ0n) is 24.8. The number of carbonyl (C=O) groups is 5. The summed E-state index contributed by atoms with van der Waals surface area (Å²) in [6, 6.07) is 4.99. The Kier molecular flexibility index (Phi) is 14.8. The quantitative estimate of drug-likeness (QED) is 0.181. The maximum Gasteiger partial charge on any atom is 0.329 e. The van der Waals surface area contributed by atoms with Gasteiger partial charge < -0.3 is 24.8 Å². The normalized spacial score (nSPS) is 13.5. The van der Waals surface area contributed by atoms with Crippen molar-refractivity contribution in [2.24, 2.45) is 11.3 Å². The van der Waals surface area contributed by atoms with Gasteiger partial charge in [0.25, 0.3) is 0 Å². The second-order valence-corrected chi connectivity index (χ2v) is 12.3. The molecule has 224 valence electrons. The van der Waals surface area contributed by atoms with E-state index in [4.69, 9.17) is 14.2 Å². The van der Waals surface area contributed by atoms with Gasteiger partial charge in [0.2, 0.25) is 11.8 Å². The van der Waals surface area contributed by atoms with Gasteiger partial charge in [-0.2, -0.15) is 11.8 Å². The van der Waals surface area contributed by atoms with E-state index in [1.165, 1.54) is 32.9 Å². The molecule has 2 amide bonds. The minimum absolute atomic E-state index is 0.194. The average Bonchev–Trinajstić information content (AvgIpc) is 2.86. The number of hydrogen-bond acceptors (Lipinski definition) is 9. The Morgan fingerprint density at radius 3 is 1.98 bits per heavy atom. The topological polar surface area (TPSA) is 137 Å². The first kappa shape index (κ1) is 34.9. The van der Waals surface area contributed by atoms with Crippen molar-refractivity contribution >= 4 is 41.5 Å². The van der Waals surface area contributed by atoms with Gasteiger partial charge in [-0.05, 0) is 47.6 Å². The molecule has 0 unspecified atom stereocenters. The molecule has 1 rings (SSSR count). The molecule has 0 saturated carbocycles. The molecule has 3 atom stereocenters. The predicted molar refractivity (Wildman–Crippen MR) is 154 cm³/mol. The van der Waals surface area contributed by atoms with Crippen LogP contribution in [0.15, 0.2) is 24.3 Å². The number of ether oxygens (including phenoxy) is 3. The van der Waals surface area contributed by atoms with Crippen molar-refractivity contribution in [1.29, 1.82) is 0 Å². The summed E-state index contributed by atoms with van der Waals surface area (Å²) in [5.41, 5.74) is 0.494. The molecule has 10 nitrogen and oxygen atoms in total. The Morgan fingerprint density at radius 2 is 1.48 bits per heavy atom. The van der Waals surface area contributed by atoms with E-state index < -0.39 is 35.9 Å². The summed E-state index contributed by atoms with van der Waals surface area (Å²) >= 11 is 1.35. The van der Waals surface area contributed by atoms with Crippen LogP contribution in [-0.2, 0) is 33.4 Å². The lowest BCUT2D eigenvalue weighted by molar-refractivity contribution is -0.145. The van der Waals surface area contributed by atoms with Crippen LogP contribution in [-0.4, -0.2) is 67.5 Å². The Labute approximate surface area is 241 Å². The van der Waals surface area contributed by atoms with Gasteiger partial charge in [-0.1, -0.05) is 46.8 Å². The van der Waals surface area contributed by atoms with Crippen molar-refractivity contribution in [2.45, 2.75) is 78.8 Å². The summed E-state index contributed by atoms with van der Waals surface area (Å²) in [7, 11) is 2.52. The van der Waals surface area contributed by atoms with Gasteiger partial charge in [0, 0.05) is 19.1 Å². The van der Waals surface area contributed by atoms with Crippen molar-refractivity contribution < 1.29 is 38.2 Å². The second kappa shape index (κ2) is 16.9. The molecule has 11 heteroatoms. The monoisotopic (exact) mass is 580 g/mol. The first-order valence-corrected chi connectivity index (χ1v) is 14.4. The SMILES string of the molecule is COC(=O)[C@H](CSCC[C@H](NC(=O)[C@H](CC(C)C)c1ccc(OC(C)=O)cc1)C(=O)OC)NC(=O)CC(C)(C)C. The van der Waals surface area contributed by atoms with Gasteiger partial charge >= 0.3 is 17.9 Å². The lowest BCUT2D eigenvalue weighted by Crippen LogP contribution is -2.45. The number of methoxy groups -OCH3 is 2. The van der Waals surface area contributed by atoms with E-state index in [0.717, 1.165) is 5.56 Å². The van der Waals surface area contributed by atoms with Gasteiger partial charge in [-0.3, -0.25) is 14.4 Å². The number of nitrogens with one attached hydrogen (secondary N) is 2. The van der Waals surface area contributed by atoms with E-state index >= 15 is 0 Å². The smallest absolute Gasteiger partial charge is 0.329 e. The van der Waals surface area contributed by atoms with E-state index in [0.29, 0.717) is 17.9 Å². The van der Waals surface area contributed by atoms with E-state index in [1.54, 1.807) is 24.3 Å². The van der Waals surface area contributed by atoms with Crippen LogP contribution in [0.3, 0.4) is 0 Å². The molecular weight excluding hydrogens is 536 g/mol. The van der Waals surface area contributed by atoms with Crippen LogP contribution in [0.2, 0.25) is 0 Å². The van der Waals surface area contributed by atoms with Crippen molar-refractivity contribution in [3.05, 3.63) is 29.8 Å². The fourth-order valence-corrected chi connectivity index (χ4v) is 4.93. The molecule has 40 heavy (non-hydrogen) atoms. The standard InChI is InChI=1S/C29H44N2O8S/c1-18(2)15-22(20-9-11-21(12-10-20)39-19(3)32)26(34)31-23(27(35)37-7)13-14-40-17-24(28(36)38-8)30-25(33)16-29(4,5)6/h9-12,18,22-24H,13-17H2,1-8H3,(H,30,33)(H,31,34)/t22-,23+,24+/m1/s1. The van der Waals surface area contributed by atoms with E-state index in [-0.39, 0.29) is 41.7 Å². The maximum atomic E-state index is 13.4. The Bertz CT molecular complexity index is 1000. The van der Waals surface area contributed by atoms with Gasteiger partial charge in [0.05, 0.1) is 20.1 Å². The van der Waals surface area contributed by atoms with Crippen molar-refractivity contribution in [1.82, 2.24) is 10.6 Å². The van der Waals surface area contributed by atoms with Crippen LogP contribution in [0, 0.1) is 11.3 Å². The molecule has 0 aliphatic heterocycles. The van der Waals surface area contributed by atoms with Gasteiger partial charge in [0.1, 0.15) is 17.8 Å². The van der Waals surface area contributed by atoms with Gasteiger partial charge in [-0.15, -0.1) is 0 Å². The summed E-state index contributed by atoms with van der Waals surface area (Å²) in [6.45, 7) is 11.1. The fourth-order valence-electron chi connectivity index (χ4n) is 3.90. The molecule has 1 aromatic rings. The molecule has 2 N–H and O–H groups in total. The minimum Gasteiger partial charge on any atom is -0.467 e. The molecule has 0 radical (unpaired) electrons. The number of benzene rings is 1. The van der Waals surface area contributed by atoms with Crippen LogP contribution < -0.4 is 15.4 Å². The lowest BCUT2D eigenvalue weighted by Gasteiger charge is -2.23. The number of carbonyl (C=O) groups excluding carboxylic acids is 5. The predicted octanol–water partition coefficient (Wildman–Crippen LogP) is 3.62. The summed E-state index contributed by atoms with van der Waals surface area (Å²) in [5.74, 6) is -1.44. The van der Waals surface area contributed by atoms with Crippen LogP contribution in [0.1, 0.15) is 72.3 Å². The minimum atomic E-state index is -0.896. The van der Waals surface area contributed by atoms with E-state index in [1.807, 2.05) is 34.6 Å². The number of thioether (sulfide) groups is 1. The molecular formula is C29H44N2O8S. The third-order valence-corrected chi connectivity index (χ3v) is 6.81. The number of esters is 3. The van der Waals surface area contributed by atoms with Crippen molar-refractivity contribution in [2.75, 3.05) is 25.7 Å². The van der Waals surface area contributed by atoms with Crippen LogP contribution in [0.25, 0.3) is 0 Å². The first-order chi connectivity index (χ1) is 18.7. The van der Waals surface area contributed by atoms with Crippen molar-refractivity contribution in [3.8, 4) is 5.75 Å². The zero-order chi connectivity index (χ0) is 30.5. The van der Waals surface area contributed by atoms with E-state index in [2.05, 4.69) is 10.6 Å². The summed E-state index contributed by atoms with van der Waals surface area (Å²) < 4.78 is 14.8. The third kappa shape index (κ3) is 13.3. The average molecular weight is 581 g/mol. The molecule has 0 heterocycles. The Hall–Kier alpha value is -3.08. The van der Waals surface area contributed by atoms with Gasteiger partial charge in [0.15, 0.2) is 0 Å². The molecule has 0 spiro atoms. The lowest BCUT2D eigenvalue weighted by atomic mass is 9.89. The molecule has 0 aliphatic rings. The fraction of sp³-hybridized carbons (Fsp3) is 0.621. The summed E-state index contributed by atoms with van der Waals surface area (Å²) in [6.07, 6.45) is 1.05. The first-order valence-electron chi connectivity index (χ1n) is 13.3.